The number of piperidine rings is 1. The van der Waals surface area contributed by atoms with E-state index in [4.69, 9.17) is 5.11 Å². The van der Waals surface area contributed by atoms with E-state index in [0.29, 0.717) is 5.92 Å². The van der Waals surface area contributed by atoms with E-state index in [1.165, 1.54) is 0 Å². The Morgan fingerprint density at radius 3 is 2.61 bits per heavy atom. The van der Waals surface area contributed by atoms with Crippen molar-refractivity contribution in [3.63, 3.8) is 0 Å². The van der Waals surface area contributed by atoms with Crippen LogP contribution >= 0.6 is 0 Å². The fourth-order valence-electron chi connectivity index (χ4n) is 2.46. The number of hydrogen-bond donors (Lipinski definition) is 1. The third-order valence-corrected chi connectivity index (χ3v) is 3.78. The van der Waals surface area contributed by atoms with Gasteiger partial charge < -0.3 is 10.0 Å². The van der Waals surface area contributed by atoms with Gasteiger partial charge in [-0.25, -0.2) is 0 Å². The Bertz CT molecular complexity index is 434. The van der Waals surface area contributed by atoms with E-state index in [0.717, 1.165) is 42.6 Å². The number of benzene rings is 1. The van der Waals surface area contributed by atoms with Gasteiger partial charge in [-0.3, -0.25) is 4.79 Å². The first-order valence-corrected chi connectivity index (χ1v) is 6.59. The molecule has 0 saturated carbocycles. The van der Waals surface area contributed by atoms with Crippen molar-refractivity contribution in [2.24, 2.45) is 5.92 Å². The van der Waals surface area contributed by atoms with Gasteiger partial charge in [0.15, 0.2) is 0 Å². The highest BCUT2D eigenvalue weighted by molar-refractivity contribution is 5.95. The minimum absolute atomic E-state index is 0.132. The number of nitrogens with zero attached hydrogens (tertiary/aromatic N) is 1. The third kappa shape index (κ3) is 2.72. The topological polar surface area (TPSA) is 40.5 Å². The van der Waals surface area contributed by atoms with Gasteiger partial charge in [0.1, 0.15) is 0 Å². The van der Waals surface area contributed by atoms with Gasteiger partial charge in [0, 0.05) is 25.3 Å². The zero-order valence-electron chi connectivity index (χ0n) is 11.1. The van der Waals surface area contributed by atoms with Crippen molar-refractivity contribution in [3.8, 4) is 0 Å². The molecule has 1 N–H and O–H groups in total. The summed E-state index contributed by atoms with van der Waals surface area (Å²) in [6.45, 7) is 5.75. The zero-order chi connectivity index (χ0) is 13.1. The molecule has 3 nitrogen and oxygen atoms in total. The van der Waals surface area contributed by atoms with Crippen LogP contribution in [0.1, 0.15) is 34.3 Å². The number of aryl methyl sites for hydroxylation is 2. The first-order valence-electron chi connectivity index (χ1n) is 6.59. The number of aliphatic hydroxyl groups is 1. The van der Waals surface area contributed by atoms with E-state index in [1.54, 1.807) is 0 Å². The summed E-state index contributed by atoms with van der Waals surface area (Å²) in [4.78, 5) is 14.3. The lowest BCUT2D eigenvalue weighted by Gasteiger charge is -2.31. The highest BCUT2D eigenvalue weighted by Crippen LogP contribution is 2.20. The average Bonchev–Trinajstić information content (AvgIpc) is 2.41. The molecule has 1 fully saturated rings. The number of likely N-dealkylation sites (tertiary alicyclic amines) is 1. The van der Waals surface area contributed by atoms with Crippen molar-refractivity contribution in [1.29, 1.82) is 0 Å². The second-order valence-electron chi connectivity index (χ2n) is 5.24. The molecular formula is C15H21NO2. The van der Waals surface area contributed by atoms with Crippen molar-refractivity contribution >= 4 is 5.91 Å². The monoisotopic (exact) mass is 247 g/mol. The Morgan fingerprint density at radius 1 is 1.33 bits per heavy atom. The summed E-state index contributed by atoms with van der Waals surface area (Å²) in [6.07, 6.45) is 1.82. The molecule has 1 heterocycles. The largest absolute Gasteiger partial charge is 0.396 e. The van der Waals surface area contributed by atoms with Crippen LogP contribution in [0.3, 0.4) is 0 Å². The van der Waals surface area contributed by atoms with E-state index in [2.05, 4.69) is 0 Å². The molecule has 2 rings (SSSR count). The Morgan fingerprint density at radius 2 is 2.00 bits per heavy atom. The molecular weight excluding hydrogens is 226 g/mol. The molecule has 1 aromatic rings. The number of amides is 1. The summed E-state index contributed by atoms with van der Waals surface area (Å²) in [5.41, 5.74) is 2.97. The fourth-order valence-corrected chi connectivity index (χ4v) is 2.46. The van der Waals surface area contributed by atoms with E-state index in [1.807, 2.05) is 36.9 Å². The second-order valence-corrected chi connectivity index (χ2v) is 5.24. The van der Waals surface area contributed by atoms with Crippen LogP contribution in [0.2, 0.25) is 0 Å². The van der Waals surface area contributed by atoms with E-state index >= 15 is 0 Å². The molecule has 0 unspecified atom stereocenters. The maximum absolute atomic E-state index is 12.4. The molecule has 1 aliphatic heterocycles. The highest BCUT2D eigenvalue weighted by atomic mass is 16.3. The number of carbonyl (C=O) groups is 1. The minimum Gasteiger partial charge on any atom is -0.396 e. The summed E-state index contributed by atoms with van der Waals surface area (Å²) in [6, 6.07) is 6.00. The van der Waals surface area contributed by atoms with Gasteiger partial charge in [0.05, 0.1) is 0 Å². The molecule has 1 amide bonds. The van der Waals surface area contributed by atoms with Gasteiger partial charge in [0.25, 0.3) is 5.91 Å². The smallest absolute Gasteiger partial charge is 0.254 e. The Balaban J connectivity index is 2.10. The highest BCUT2D eigenvalue weighted by Gasteiger charge is 2.23. The summed E-state index contributed by atoms with van der Waals surface area (Å²) < 4.78 is 0. The van der Waals surface area contributed by atoms with Crippen LogP contribution in [0.15, 0.2) is 18.2 Å². The second kappa shape index (κ2) is 5.53. The maximum Gasteiger partial charge on any atom is 0.254 e. The van der Waals surface area contributed by atoms with Gasteiger partial charge in [-0.15, -0.1) is 0 Å². The normalized spacial score (nSPS) is 16.9. The molecule has 1 saturated heterocycles. The molecule has 18 heavy (non-hydrogen) atoms. The average molecular weight is 247 g/mol. The fraction of sp³-hybridized carbons (Fsp3) is 0.533. The van der Waals surface area contributed by atoms with Crippen molar-refractivity contribution in [1.82, 2.24) is 4.90 Å². The van der Waals surface area contributed by atoms with Crippen molar-refractivity contribution in [2.75, 3.05) is 19.7 Å². The predicted molar refractivity (Wildman–Crippen MR) is 71.6 cm³/mol. The van der Waals surface area contributed by atoms with Crippen LogP contribution in [0.5, 0.6) is 0 Å². The summed E-state index contributed by atoms with van der Waals surface area (Å²) >= 11 is 0. The van der Waals surface area contributed by atoms with E-state index in [-0.39, 0.29) is 12.5 Å². The van der Waals surface area contributed by atoms with Crippen LogP contribution in [0.25, 0.3) is 0 Å². The third-order valence-electron chi connectivity index (χ3n) is 3.78. The first-order chi connectivity index (χ1) is 8.61. The number of rotatable bonds is 2. The van der Waals surface area contributed by atoms with Crippen molar-refractivity contribution < 1.29 is 9.90 Å². The van der Waals surface area contributed by atoms with Gasteiger partial charge in [-0.2, -0.15) is 0 Å². The van der Waals surface area contributed by atoms with E-state index in [9.17, 15) is 4.79 Å². The number of hydrogen-bond acceptors (Lipinski definition) is 2. The van der Waals surface area contributed by atoms with Gasteiger partial charge in [0.2, 0.25) is 0 Å². The molecule has 0 atom stereocenters. The van der Waals surface area contributed by atoms with Crippen LogP contribution in [0, 0.1) is 19.8 Å². The lowest BCUT2D eigenvalue weighted by atomic mass is 9.96. The van der Waals surface area contributed by atoms with Gasteiger partial charge in [-0.05, 0) is 44.2 Å². The standard InChI is InChI=1S/C15H21NO2/c1-11-3-4-12(2)14(9-11)15(18)16-7-5-13(10-17)6-8-16/h3-4,9,13,17H,5-8,10H2,1-2H3. The lowest BCUT2D eigenvalue weighted by molar-refractivity contribution is 0.0650. The van der Waals surface area contributed by atoms with Crippen LogP contribution in [-0.2, 0) is 0 Å². The summed E-state index contributed by atoms with van der Waals surface area (Å²) in [7, 11) is 0. The summed E-state index contributed by atoms with van der Waals surface area (Å²) in [5, 5.41) is 9.11. The SMILES string of the molecule is Cc1ccc(C)c(C(=O)N2CCC(CO)CC2)c1. The number of aliphatic hydroxyl groups excluding tert-OH is 1. The zero-order valence-corrected chi connectivity index (χ0v) is 11.1. The Labute approximate surface area is 108 Å². The van der Waals surface area contributed by atoms with Gasteiger partial charge >= 0.3 is 0 Å². The molecule has 1 aromatic carbocycles. The van der Waals surface area contributed by atoms with Crippen LogP contribution < -0.4 is 0 Å². The maximum atomic E-state index is 12.4. The molecule has 3 heteroatoms. The van der Waals surface area contributed by atoms with Crippen molar-refractivity contribution in [3.05, 3.63) is 34.9 Å². The van der Waals surface area contributed by atoms with E-state index < -0.39 is 0 Å². The predicted octanol–water partition coefficient (Wildman–Crippen LogP) is 2.15. The van der Waals surface area contributed by atoms with Crippen molar-refractivity contribution in [2.45, 2.75) is 26.7 Å². The molecule has 0 aliphatic carbocycles. The molecule has 0 aromatic heterocycles. The number of carbonyl (C=O) groups excluding carboxylic acids is 1. The molecule has 1 aliphatic rings. The molecule has 0 radical (unpaired) electrons. The molecule has 0 bridgehead atoms. The molecule has 0 spiro atoms. The van der Waals surface area contributed by atoms with Gasteiger partial charge in [-0.1, -0.05) is 17.7 Å². The molecule has 98 valence electrons. The minimum atomic E-state index is 0.132. The Hall–Kier alpha value is -1.35. The lowest BCUT2D eigenvalue weighted by Crippen LogP contribution is -2.39. The Kier molecular flexibility index (Phi) is 4.02. The first kappa shape index (κ1) is 13.1. The quantitative estimate of drug-likeness (QED) is 0.870. The van der Waals surface area contributed by atoms with Crippen LogP contribution in [0.4, 0.5) is 0 Å². The van der Waals surface area contributed by atoms with Crippen LogP contribution in [-0.4, -0.2) is 35.6 Å². The summed E-state index contributed by atoms with van der Waals surface area (Å²) in [5.74, 6) is 0.500.